The quantitative estimate of drug-likeness (QED) is 0.701. The van der Waals surface area contributed by atoms with E-state index < -0.39 is 11.9 Å². The molecule has 0 bridgehead atoms. The average molecular weight is 281 g/mol. The lowest BCUT2D eigenvalue weighted by Crippen LogP contribution is -2.45. The molecule has 4 N–H and O–H groups in total. The predicted molar refractivity (Wildman–Crippen MR) is 77.1 cm³/mol. The van der Waals surface area contributed by atoms with Crippen LogP contribution < -0.4 is 16.4 Å². The number of amides is 2. The summed E-state index contributed by atoms with van der Waals surface area (Å²) in [5.41, 5.74) is 6.18. The first-order valence-corrected chi connectivity index (χ1v) is 6.76. The van der Waals surface area contributed by atoms with Gasteiger partial charge in [-0.25, -0.2) is 0 Å². The van der Waals surface area contributed by atoms with Crippen LogP contribution in [-0.4, -0.2) is 34.2 Å². The van der Waals surface area contributed by atoms with E-state index in [1.54, 1.807) is 17.8 Å². The third kappa shape index (κ3) is 4.25. The molecule has 1 rings (SSSR count). The summed E-state index contributed by atoms with van der Waals surface area (Å²) in [7, 11) is 0. The summed E-state index contributed by atoms with van der Waals surface area (Å²) >= 11 is 0. The first kappa shape index (κ1) is 16.0. The maximum atomic E-state index is 12.0. The van der Waals surface area contributed by atoms with Crippen LogP contribution >= 0.6 is 0 Å². The van der Waals surface area contributed by atoms with Crippen molar-refractivity contribution < 1.29 is 9.59 Å². The van der Waals surface area contributed by atoms with Gasteiger partial charge in [-0.2, -0.15) is 5.10 Å². The van der Waals surface area contributed by atoms with Gasteiger partial charge < -0.3 is 16.4 Å². The Morgan fingerprint density at radius 2 is 2.05 bits per heavy atom. The van der Waals surface area contributed by atoms with Crippen molar-refractivity contribution in [2.24, 2.45) is 5.92 Å². The fraction of sp³-hybridized carbons (Fsp3) is 0.615. The Hall–Kier alpha value is -2.05. The summed E-state index contributed by atoms with van der Waals surface area (Å²) in [6, 6.07) is -0.632. The number of hydrogen-bond acceptors (Lipinski definition) is 4. The molecule has 112 valence electrons. The van der Waals surface area contributed by atoms with Crippen LogP contribution in [0.4, 0.5) is 5.69 Å². The molecule has 0 aliphatic heterocycles. The molecular weight excluding hydrogens is 258 g/mol. The molecule has 20 heavy (non-hydrogen) atoms. The van der Waals surface area contributed by atoms with Gasteiger partial charge in [0.15, 0.2) is 5.69 Å². The number of aryl methyl sites for hydroxylation is 1. The monoisotopic (exact) mass is 281 g/mol. The molecule has 7 nitrogen and oxygen atoms in total. The van der Waals surface area contributed by atoms with Crippen LogP contribution in [0.3, 0.4) is 0 Å². The highest BCUT2D eigenvalue weighted by atomic mass is 16.2. The Bertz CT molecular complexity index is 481. The van der Waals surface area contributed by atoms with Gasteiger partial charge in [0, 0.05) is 19.3 Å². The van der Waals surface area contributed by atoms with E-state index >= 15 is 0 Å². The van der Waals surface area contributed by atoms with Crippen LogP contribution in [0.1, 0.15) is 38.2 Å². The predicted octanol–water partition coefficient (Wildman–Crippen LogP) is 0.376. The second-order valence-electron chi connectivity index (χ2n) is 5.12. The lowest BCUT2D eigenvalue weighted by Gasteiger charge is -2.14. The molecule has 0 aliphatic rings. The van der Waals surface area contributed by atoms with Gasteiger partial charge >= 0.3 is 0 Å². The number of nitrogens with one attached hydrogen (secondary N) is 2. The summed E-state index contributed by atoms with van der Waals surface area (Å²) in [5, 5.41) is 9.41. The first-order chi connectivity index (χ1) is 9.35. The van der Waals surface area contributed by atoms with Crippen LogP contribution in [0.15, 0.2) is 6.20 Å². The van der Waals surface area contributed by atoms with E-state index in [-0.39, 0.29) is 11.6 Å². The topological polar surface area (TPSA) is 102 Å². The molecule has 0 fully saturated rings. The lowest BCUT2D eigenvalue weighted by atomic mass is 10.2. The molecule has 1 atom stereocenters. The zero-order chi connectivity index (χ0) is 15.3. The van der Waals surface area contributed by atoms with Crippen molar-refractivity contribution in [2.45, 2.75) is 40.3 Å². The lowest BCUT2D eigenvalue weighted by molar-refractivity contribution is -0.122. The van der Waals surface area contributed by atoms with Gasteiger partial charge in [0.2, 0.25) is 5.91 Å². The first-order valence-electron chi connectivity index (χ1n) is 6.76. The Kier molecular flexibility index (Phi) is 5.54. The smallest absolute Gasteiger partial charge is 0.274 e. The van der Waals surface area contributed by atoms with Gasteiger partial charge in [0.25, 0.3) is 5.91 Å². The molecule has 2 amide bonds. The second kappa shape index (κ2) is 6.93. The molecular formula is C13H23N5O2. The Balaban J connectivity index is 2.60. The maximum absolute atomic E-state index is 12.0. The molecule has 0 saturated carbocycles. The van der Waals surface area contributed by atoms with Crippen molar-refractivity contribution in [3.05, 3.63) is 11.9 Å². The summed E-state index contributed by atoms with van der Waals surface area (Å²) < 4.78 is 1.58. The molecule has 1 aromatic rings. The number of hydrogen-bond donors (Lipinski definition) is 3. The van der Waals surface area contributed by atoms with Crippen molar-refractivity contribution in [2.75, 3.05) is 12.3 Å². The van der Waals surface area contributed by atoms with Crippen molar-refractivity contribution >= 4 is 17.5 Å². The number of carbonyl (C=O) groups is 2. The van der Waals surface area contributed by atoms with E-state index in [1.807, 2.05) is 20.8 Å². The minimum Gasteiger partial charge on any atom is -0.396 e. The standard InChI is InChI=1S/C13H23N5O2/c1-5-18-7-10(14)11(17-18)13(20)16-9(4)12(19)15-6-8(2)3/h7-9H,5-6,14H2,1-4H3,(H,15,19)(H,16,20). The highest BCUT2D eigenvalue weighted by molar-refractivity contribution is 5.99. The van der Waals surface area contributed by atoms with Crippen LogP contribution in [0.5, 0.6) is 0 Å². The van der Waals surface area contributed by atoms with E-state index in [2.05, 4.69) is 15.7 Å². The summed E-state index contributed by atoms with van der Waals surface area (Å²) in [5.74, 6) is -0.305. The molecule has 0 radical (unpaired) electrons. The van der Waals surface area contributed by atoms with E-state index in [0.717, 1.165) is 0 Å². The molecule has 7 heteroatoms. The molecule has 0 saturated heterocycles. The van der Waals surface area contributed by atoms with Gasteiger partial charge in [-0.05, 0) is 19.8 Å². The van der Waals surface area contributed by atoms with Gasteiger partial charge in [-0.1, -0.05) is 13.8 Å². The van der Waals surface area contributed by atoms with Crippen molar-refractivity contribution in [1.82, 2.24) is 20.4 Å². The van der Waals surface area contributed by atoms with E-state index in [1.165, 1.54) is 0 Å². The number of nitrogen functional groups attached to an aromatic ring is 1. The van der Waals surface area contributed by atoms with Crippen LogP contribution in [-0.2, 0) is 11.3 Å². The van der Waals surface area contributed by atoms with Crippen molar-refractivity contribution in [3.8, 4) is 0 Å². The SMILES string of the molecule is CCn1cc(N)c(C(=O)NC(C)C(=O)NCC(C)C)n1. The fourth-order valence-electron chi connectivity index (χ4n) is 1.56. The third-order valence-electron chi connectivity index (χ3n) is 2.75. The maximum Gasteiger partial charge on any atom is 0.274 e. The zero-order valence-electron chi connectivity index (χ0n) is 12.4. The van der Waals surface area contributed by atoms with Gasteiger partial charge in [0.1, 0.15) is 6.04 Å². The number of nitrogens with two attached hydrogens (primary N) is 1. The number of carbonyl (C=O) groups excluding carboxylic acids is 2. The van der Waals surface area contributed by atoms with Crippen molar-refractivity contribution in [1.29, 1.82) is 0 Å². The van der Waals surface area contributed by atoms with E-state index in [0.29, 0.717) is 24.7 Å². The number of anilines is 1. The highest BCUT2D eigenvalue weighted by Crippen LogP contribution is 2.09. The average Bonchev–Trinajstić information content (AvgIpc) is 2.77. The van der Waals surface area contributed by atoms with Gasteiger partial charge in [-0.3, -0.25) is 14.3 Å². The Morgan fingerprint density at radius 1 is 1.40 bits per heavy atom. The van der Waals surface area contributed by atoms with E-state index in [9.17, 15) is 9.59 Å². The minimum atomic E-state index is -0.632. The summed E-state index contributed by atoms with van der Waals surface area (Å²) in [6.07, 6.45) is 1.60. The van der Waals surface area contributed by atoms with Crippen LogP contribution in [0.2, 0.25) is 0 Å². The largest absolute Gasteiger partial charge is 0.396 e. The minimum absolute atomic E-state index is 0.148. The Morgan fingerprint density at radius 3 is 2.55 bits per heavy atom. The molecule has 1 unspecified atom stereocenters. The van der Waals surface area contributed by atoms with Crippen molar-refractivity contribution in [3.63, 3.8) is 0 Å². The molecule has 0 aromatic carbocycles. The number of rotatable bonds is 6. The number of nitrogens with zero attached hydrogens (tertiary/aromatic N) is 2. The zero-order valence-corrected chi connectivity index (χ0v) is 12.4. The second-order valence-corrected chi connectivity index (χ2v) is 5.12. The van der Waals surface area contributed by atoms with E-state index in [4.69, 9.17) is 5.73 Å². The number of aromatic nitrogens is 2. The summed E-state index contributed by atoms with van der Waals surface area (Å²) in [4.78, 5) is 23.8. The van der Waals surface area contributed by atoms with Crippen LogP contribution in [0.25, 0.3) is 0 Å². The molecule has 0 aliphatic carbocycles. The molecule has 1 aromatic heterocycles. The molecule has 0 spiro atoms. The van der Waals surface area contributed by atoms with Gasteiger partial charge in [-0.15, -0.1) is 0 Å². The highest BCUT2D eigenvalue weighted by Gasteiger charge is 2.20. The third-order valence-corrected chi connectivity index (χ3v) is 2.75. The normalized spacial score (nSPS) is 12.2. The summed E-state index contributed by atoms with van der Waals surface area (Å²) in [6.45, 7) is 8.73. The Labute approximate surface area is 118 Å². The van der Waals surface area contributed by atoms with Gasteiger partial charge in [0.05, 0.1) is 5.69 Å². The fourth-order valence-corrected chi connectivity index (χ4v) is 1.56. The van der Waals surface area contributed by atoms with Crippen LogP contribution in [0, 0.1) is 5.92 Å². The molecule has 1 heterocycles.